The van der Waals surface area contributed by atoms with E-state index in [1.54, 1.807) is 37.3 Å². The van der Waals surface area contributed by atoms with Crippen LogP contribution in [0.2, 0.25) is 0 Å². The van der Waals surface area contributed by atoms with Crippen LogP contribution >= 0.6 is 11.3 Å². The molecule has 8 heteroatoms. The van der Waals surface area contributed by atoms with Gasteiger partial charge in [0.25, 0.3) is 0 Å². The Morgan fingerprint density at radius 3 is 2.42 bits per heavy atom. The summed E-state index contributed by atoms with van der Waals surface area (Å²) in [6, 6.07) is 16.4. The molecule has 4 heterocycles. The molecule has 6 rings (SSSR count). The number of imide groups is 1. The van der Waals surface area contributed by atoms with Crippen LogP contribution in [0.4, 0.5) is 5.69 Å². The number of thiophene rings is 1. The number of carbonyl (C=O) groups is 4. The van der Waals surface area contributed by atoms with Gasteiger partial charge in [0.15, 0.2) is 5.78 Å². The molecular formula is C28H22N2O5S. The molecule has 0 bridgehead atoms. The first-order valence-corrected chi connectivity index (χ1v) is 12.7. The smallest absolute Gasteiger partial charge is 0.338 e. The number of hydrogen-bond acceptors (Lipinski definition) is 7. The molecule has 2 saturated heterocycles. The molecule has 2 fully saturated rings. The van der Waals surface area contributed by atoms with E-state index in [-0.39, 0.29) is 18.3 Å². The van der Waals surface area contributed by atoms with Gasteiger partial charge in [-0.3, -0.25) is 14.4 Å². The van der Waals surface area contributed by atoms with Crippen molar-refractivity contribution >= 4 is 46.7 Å². The maximum atomic E-state index is 13.9. The van der Waals surface area contributed by atoms with Crippen LogP contribution in [0.15, 0.2) is 72.2 Å². The predicted octanol–water partition coefficient (Wildman–Crippen LogP) is 4.32. The molecule has 4 atom stereocenters. The maximum absolute atomic E-state index is 13.9. The fourth-order valence-corrected chi connectivity index (χ4v) is 6.33. The van der Waals surface area contributed by atoms with E-state index in [0.29, 0.717) is 16.1 Å². The van der Waals surface area contributed by atoms with Crippen LogP contribution in [0.1, 0.15) is 44.1 Å². The van der Waals surface area contributed by atoms with Gasteiger partial charge in [0.2, 0.25) is 11.8 Å². The van der Waals surface area contributed by atoms with Crippen molar-refractivity contribution in [1.29, 1.82) is 0 Å². The van der Waals surface area contributed by atoms with Crippen LogP contribution in [0.5, 0.6) is 0 Å². The Balaban J connectivity index is 1.42. The van der Waals surface area contributed by atoms with Crippen molar-refractivity contribution in [3.63, 3.8) is 0 Å². The third-order valence-corrected chi connectivity index (χ3v) is 8.02. The highest BCUT2D eigenvalue weighted by Gasteiger charge is 2.64. The Bertz CT molecular complexity index is 1410. The standard InChI is InChI=1S/C28H22N2O5S/c1-2-35-28(34)17-9-11-18(12-10-17)30-26(32)21-22(27(30)33)24(25(31)20-8-5-15-36-20)29-14-13-16-6-3-4-7-19(16)23(21)29/h3-15,21-24H,2H2,1H3/t21-,22+,23+,24-/m0/s1. The Morgan fingerprint density at radius 2 is 1.69 bits per heavy atom. The van der Waals surface area contributed by atoms with E-state index in [2.05, 4.69) is 0 Å². The number of fused-ring (bicyclic) bond motifs is 5. The lowest BCUT2D eigenvalue weighted by atomic mass is 9.84. The summed E-state index contributed by atoms with van der Waals surface area (Å²) in [6.07, 6.45) is 3.78. The minimum absolute atomic E-state index is 0.160. The van der Waals surface area contributed by atoms with Gasteiger partial charge in [-0.1, -0.05) is 30.3 Å². The first kappa shape index (κ1) is 22.4. The number of ether oxygens (including phenoxy) is 1. The van der Waals surface area contributed by atoms with E-state index >= 15 is 0 Å². The van der Waals surface area contributed by atoms with Gasteiger partial charge >= 0.3 is 5.97 Å². The first-order chi connectivity index (χ1) is 17.5. The molecule has 0 radical (unpaired) electrons. The van der Waals surface area contributed by atoms with E-state index in [9.17, 15) is 19.2 Å². The number of benzene rings is 2. The Morgan fingerprint density at radius 1 is 0.944 bits per heavy atom. The van der Waals surface area contributed by atoms with Crippen LogP contribution in [0.3, 0.4) is 0 Å². The summed E-state index contributed by atoms with van der Waals surface area (Å²) < 4.78 is 5.03. The molecule has 0 spiro atoms. The summed E-state index contributed by atoms with van der Waals surface area (Å²) in [5, 5.41) is 1.83. The lowest BCUT2D eigenvalue weighted by molar-refractivity contribution is -0.123. The van der Waals surface area contributed by atoms with Gasteiger partial charge in [-0.25, -0.2) is 9.69 Å². The fraction of sp³-hybridized carbons (Fsp3) is 0.214. The molecule has 7 nitrogen and oxygen atoms in total. The SMILES string of the molecule is CCOC(=O)c1ccc(N2C(=O)[C@@H]3[C@H](C2=O)[C@H]2c4ccccc4C=CN2[C@@H]3C(=O)c2cccs2)cc1. The van der Waals surface area contributed by atoms with Gasteiger partial charge < -0.3 is 9.64 Å². The van der Waals surface area contributed by atoms with Gasteiger partial charge in [-0.05, 0) is 59.8 Å². The lowest BCUT2D eigenvalue weighted by Gasteiger charge is -2.35. The highest BCUT2D eigenvalue weighted by molar-refractivity contribution is 7.12. The number of Topliss-reactive ketones (excluding diaryl/α,β-unsaturated/α-hetero) is 1. The molecule has 2 amide bonds. The van der Waals surface area contributed by atoms with E-state index in [1.165, 1.54) is 16.2 Å². The predicted molar refractivity (Wildman–Crippen MR) is 134 cm³/mol. The average molecular weight is 499 g/mol. The van der Waals surface area contributed by atoms with Gasteiger partial charge in [-0.15, -0.1) is 11.3 Å². The number of nitrogens with zero attached hydrogens (tertiary/aromatic N) is 2. The molecule has 0 N–H and O–H groups in total. The summed E-state index contributed by atoms with van der Waals surface area (Å²) in [7, 11) is 0. The number of carbonyl (C=O) groups excluding carboxylic acids is 4. The van der Waals surface area contributed by atoms with Gasteiger partial charge in [0.1, 0.15) is 6.04 Å². The Hall–Kier alpha value is -4.04. The van der Waals surface area contributed by atoms with E-state index < -0.39 is 35.8 Å². The minimum Gasteiger partial charge on any atom is -0.462 e. The van der Waals surface area contributed by atoms with Crippen LogP contribution in [-0.2, 0) is 14.3 Å². The van der Waals surface area contributed by atoms with Gasteiger partial charge in [0.05, 0.1) is 40.6 Å². The first-order valence-electron chi connectivity index (χ1n) is 11.8. The zero-order valence-electron chi connectivity index (χ0n) is 19.4. The van der Waals surface area contributed by atoms with Crippen LogP contribution in [-0.4, -0.2) is 41.1 Å². The van der Waals surface area contributed by atoms with Crippen LogP contribution < -0.4 is 4.90 Å². The van der Waals surface area contributed by atoms with Crippen molar-refractivity contribution in [1.82, 2.24) is 4.90 Å². The Kier molecular flexibility index (Phi) is 5.34. The second-order valence-corrected chi connectivity index (χ2v) is 9.90. The maximum Gasteiger partial charge on any atom is 0.338 e. The van der Waals surface area contributed by atoms with Crippen molar-refractivity contribution in [2.75, 3.05) is 11.5 Å². The topological polar surface area (TPSA) is 84.0 Å². The molecule has 0 saturated carbocycles. The molecule has 2 aromatic carbocycles. The quantitative estimate of drug-likeness (QED) is 0.296. The van der Waals surface area contributed by atoms with Crippen molar-refractivity contribution in [3.05, 3.63) is 93.8 Å². The van der Waals surface area contributed by atoms with Crippen LogP contribution in [0, 0.1) is 11.8 Å². The average Bonchev–Trinajstić information content (AvgIpc) is 3.60. The summed E-state index contributed by atoms with van der Waals surface area (Å²) in [5.41, 5.74) is 2.61. The zero-order valence-corrected chi connectivity index (χ0v) is 20.2. The monoisotopic (exact) mass is 498 g/mol. The van der Waals surface area contributed by atoms with Crippen molar-refractivity contribution in [2.45, 2.75) is 19.0 Å². The van der Waals surface area contributed by atoms with Crippen LogP contribution in [0.25, 0.3) is 6.08 Å². The minimum atomic E-state index is -0.822. The van der Waals surface area contributed by atoms with Gasteiger partial charge in [-0.2, -0.15) is 0 Å². The highest BCUT2D eigenvalue weighted by Crippen LogP contribution is 2.53. The van der Waals surface area contributed by atoms with E-state index in [4.69, 9.17) is 4.74 Å². The largest absolute Gasteiger partial charge is 0.462 e. The number of rotatable bonds is 5. The summed E-state index contributed by atoms with van der Waals surface area (Å²) in [6.45, 7) is 1.98. The van der Waals surface area contributed by atoms with Gasteiger partial charge in [0, 0.05) is 6.20 Å². The molecule has 36 heavy (non-hydrogen) atoms. The van der Waals surface area contributed by atoms with Crippen molar-refractivity contribution in [2.24, 2.45) is 11.8 Å². The molecular weight excluding hydrogens is 476 g/mol. The normalized spacial score (nSPS) is 23.9. The number of esters is 1. The highest BCUT2D eigenvalue weighted by atomic mass is 32.1. The van der Waals surface area contributed by atoms with E-state index in [0.717, 1.165) is 11.1 Å². The summed E-state index contributed by atoms with van der Waals surface area (Å²) in [5.74, 6) is -2.89. The third-order valence-electron chi connectivity index (χ3n) is 7.13. The number of anilines is 1. The molecule has 3 aliphatic heterocycles. The molecule has 3 aromatic rings. The summed E-state index contributed by atoms with van der Waals surface area (Å²) in [4.78, 5) is 57.1. The molecule has 0 aliphatic carbocycles. The number of amides is 2. The summed E-state index contributed by atoms with van der Waals surface area (Å²) >= 11 is 1.33. The number of hydrogen-bond donors (Lipinski definition) is 0. The second kappa shape index (κ2) is 8.57. The molecule has 3 aliphatic rings. The third kappa shape index (κ3) is 3.25. The van der Waals surface area contributed by atoms with E-state index in [1.807, 2.05) is 52.9 Å². The fourth-order valence-electron chi connectivity index (χ4n) is 5.64. The molecule has 0 unspecified atom stereocenters. The van der Waals surface area contributed by atoms with Crippen molar-refractivity contribution in [3.8, 4) is 0 Å². The zero-order chi connectivity index (χ0) is 25.0. The Labute approximate surface area is 211 Å². The van der Waals surface area contributed by atoms with Crippen molar-refractivity contribution < 1.29 is 23.9 Å². The second-order valence-electron chi connectivity index (χ2n) is 8.95. The molecule has 1 aromatic heterocycles. The lowest BCUT2D eigenvalue weighted by Crippen LogP contribution is -2.44. The number of ketones is 1. The molecule has 180 valence electrons.